The molecule has 0 saturated carbocycles. The number of hydrogen-bond donors (Lipinski definition) is 1. The molecule has 10 heteroatoms. The monoisotopic (exact) mass is 433 g/mol. The van der Waals surface area contributed by atoms with Crippen molar-refractivity contribution < 1.29 is 4.39 Å². The third-order valence-electron chi connectivity index (χ3n) is 4.70. The van der Waals surface area contributed by atoms with Gasteiger partial charge in [0.25, 0.3) is 0 Å². The van der Waals surface area contributed by atoms with Gasteiger partial charge >= 0.3 is 0 Å². The van der Waals surface area contributed by atoms with E-state index in [0.717, 1.165) is 16.4 Å². The van der Waals surface area contributed by atoms with Crippen molar-refractivity contribution in [3.63, 3.8) is 0 Å². The lowest BCUT2D eigenvalue weighted by Crippen LogP contribution is -2.32. The molecule has 0 fully saturated rings. The van der Waals surface area contributed by atoms with Gasteiger partial charge in [-0.3, -0.25) is 9.36 Å². The highest BCUT2D eigenvalue weighted by atomic mass is 35.5. The molecule has 1 aliphatic rings. The normalized spacial score (nSPS) is 17.7. The van der Waals surface area contributed by atoms with E-state index in [9.17, 15) is 4.39 Å². The molecule has 0 bridgehead atoms. The summed E-state index contributed by atoms with van der Waals surface area (Å²) >= 11 is 7.59. The summed E-state index contributed by atoms with van der Waals surface area (Å²) in [7, 11) is 0. The van der Waals surface area contributed by atoms with Gasteiger partial charge in [-0.15, -0.1) is 0 Å². The zero-order chi connectivity index (χ0) is 20.7. The summed E-state index contributed by atoms with van der Waals surface area (Å²) in [6.45, 7) is 6.25. The fraction of sp³-hybridized carbons (Fsp3) is 0.316. The number of benzene rings is 1. The number of aryl methyl sites for hydroxylation is 2. The van der Waals surface area contributed by atoms with Crippen LogP contribution in [-0.4, -0.2) is 30.1 Å². The molecule has 1 aliphatic heterocycles. The van der Waals surface area contributed by atoms with Crippen LogP contribution < -0.4 is 10.7 Å². The highest BCUT2D eigenvalue weighted by Gasteiger charge is 2.31. The van der Waals surface area contributed by atoms with Crippen molar-refractivity contribution in [2.24, 2.45) is 10.8 Å². The second kappa shape index (κ2) is 7.81. The second-order valence-electron chi connectivity index (χ2n) is 6.91. The largest absolute Gasteiger partial charge is 0.301 e. The first-order chi connectivity index (χ1) is 13.8. The molecule has 2 atom stereocenters. The van der Waals surface area contributed by atoms with Gasteiger partial charge < -0.3 is 5.73 Å². The lowest BCUT2D eigenvalue weighted by atomic mass is 10.2. The Morgan fingerprint density at radius 2 is 2.07 bits per heavy atom. The zero-order valence-corrected chi connectivity index (χ0v) is 17.8. The van der Waals surface area contributed by atoms with Gasteiger partial charge in [0.05, 0.1) is 18.3 Å². The summed E-state index contributed by atoms with van der Waals surface area (Å²) in [5.41, 5.74) is 8.31. The highest BCUT2D eigenvalue weighted by molar-refractivity contribution is 8.14. The number of nitrogens with zero attached hydrogens (tertiary/aromatic N) is 6. The van der Waals surface area contributed by atoms with E-state index in [1.807, 2.05) is 31.5 Å². The number of anilines is 1. The van der Waals surface area contributed by atoms with E-state index in [1.165, 1.54) is 17.8 Å². The highest BCUT2D eigenvalue weighted by Crippen LogP contribution is 2.32. The molecule has 1 aromatic carbocycles. The van der Waals surface area contributed by atoms with E-state index in [1.54, 1.807) is 34.1 Å². The SMILES string of the molecule is Cc1cc(C)n([C@@H](C)C2=NN(c3ccn(Cc4c(F)cccc4Cl)n3)C(N)S2)n1. The molecule has 0 saturated heterocycles. The summed E-state index contributed by atoms with van der Waals surface area (Å²) in [5, 5.41) is 16.6. The number of halogens is 2. The first-order valence-corrected chi connectivity index (χ1v) is 10.4. The smallest absolute Gasteiger partial charge is 0.173 e. The predicted octanol–water partition coefficient (Wildman–Crippen LogP) is 3.91. The van der Waals surface area contributed by atoms with E-state index in [4.69, 9.17) is 17.3 Å². The van der Waals surface area contributed by atoms with E-state index in [-0.39, 0.29) is 18.4 Å². The van der Waals surface area contributed by atoms with Gasteiger partial charge in [0, 0.05) is 28.5 Å². The van der Waals surface area contributed by atoms with E-state index in [2.05, 4.69) is 15.3 Å². The summed E-state index contributed by atoms with van der Waals surface area (Å²) in [6.07, 6.45) is 1.76. The number of hydrogen-bond acceptors (Lipinski definition) is 6. The molecule has 2 N–H and O–H groups in total. The Kier molecular flexibility index (Phi) is 5.37. The van der Waals surface area contributed by atoms with Crippen LogP contribution in [0.5, 0.6) is 0 Å². The van der Waals surface area contributed by atoms with Gasteiger partial charge in [-0.1, -0.05) is 29.4 Å². The Morgan fingerprint density at radius 1 is 1.28 bits per heavy atom. The molecule has 3 heterocycles. The van der Waals surface area contributed by atoms with Crippen LogP contribution in [0.3, 0.4) is 0 Å². The fourth-order valence-electron chi connectivity index (χ4n) is 3.27. The van der Waals surface area contributed by atoms with E-state index in [0.29, 0.717) is 16.4 Å². The molecule has 0 radical (unpaired) electrons. The Balaban J connectivity index is 1.55. The van der Waals surface area contributed by atoms with Gasteiger partial charge in [-0.05, 0) is 39.0 Å². The van der Waals surface area contributed by atoms with Crippen LogP contribution in [0.25, 0.3) is 0 Å². The van der Waals surface area contributed by atoms with Crippen LogP contribution in [0.1, 0.15) is 29.9 Å². The maximum absolute atomic E-state index is 14.1. The number of nitrogens with two attached hydrogens (primary N) is 1. The minimum Gasteiger partial charge on any atom is -0.301 e. The van der Waals surface area contributed by atoms with Crippen LogP contribution in [0, 0.1) is 19.7 Å². The van der Waals surface area contributed by atoms with Crippen molar-refractivity contribution in [3.05, 3.63) is 64.3 Å². The molecule has 29 heavy (non-hydrogen) atoms. The van der Waals surface area contributed by atoms with Crippen molar-refractivity contribution in [2.75, 3.05) is 5.01 Å². The van der Waals surface area contributed by atoms with E-state index >= 15 is 0 Å². The number of thioether (sulfide) groups is 1. The lowest BCUT2D eigenvalue weighted by Gasteiger charge is -2.15. The summed E-state index contributed by atoms with van der Waals surface area (Å²) in [4.78, 5) is 0. The molecule has 0 amide bonds. The minimum absolute atomic E-state index is 0.0379. The molecule has 4 rings (SSSR count). The molecule has 152 valence electrons. The first-order valence-electron chi connectivity index (χ1n) is 9.12. The number of hydrazone groups is 1. The third-order valence-corrected chi connectivity index (χ3v) is 6.16. The Morgan fingerprint density at radius 3 is 2.76 bits per heavy atom. The summed E-state index contributed by atoms with van der Waals surface area (Å²) < 4.78 is 17.6. The number of aromatic nitrogens is 4. The number of rotatable bonds is 5. The van der Waals surface area contributed by atoms with Crippen LogP contribution >= 0.6 is 23.4 Å². The topological polar surface area (TPSA) is 77.3 Å². The Hall–Kier alpha value is -2.36. The summed E-state index contributed by atoms with van der Waals surface area (Å²) in [6, 6.07) is 8.42. The molecular formula is C19H21ClFN7S. The Labute approximate surface area is 177 Å². The maximum Gasteiger partial charge on any atom is 0.173 e. The maximum atomic E-state index is 14.1. The lowest BCUT2D eigenvalue weighted by molar-refractivity contribution is 0.583. The van der Waals surface area contributed by atoms with Gasteiger partial charge in [0.2, 0.25) is 0 Å². The van der Waals surface area contributed by atoms with Gasteiger partial charge in [0.1, 0.15) is 10.9 Å². The van der Waals surface area contributed by atoms with Gasteiger partial charge in [-0.25, -0.2) is 9.40 Å². The van der Waals surface area contributed by atoms with Crippen LogP contribution in [0.2, 0.25) is 5.02 Å². The molecule has 2 aromatic heterocycles. The molecule has 3 aromatic rings. The van der Waals surface area contributed by atoms with E-state index < -0.39 is 5.50 Å². The average Bonchev–Trinajstić information content (AvgIpc) is 3.36. The molecule has 0 aliphatic carbocycles. The van der Waals surface area contributed by atoms with Crippen molar-refractivity contribution >= 4 is 34.2 Å². The first kappa shape index (κ1) is 19.9. The summed E-state index contributed by atoms with van der Waals surface area (Å²) in [5.74, 6) is 0.232. The second-order valence-corrected chi connectivity index (χ2v) is 8.45. The Bertz CT molecular complexity index is 1060. The van der Waals surface area contributed by atoms with Crippen molar-refractivity contribution in [2.45, 2.75) is 38.9 Å². The van der Waals surface area contributed by atoms with Crippen LogP contribution in [0.15, 0.2) is 41.6 Å². The fourth-order valence-corrected chi connectivity index (χ4v) is 4.43. The average molecular weight is 434 g/mol. The quantitative estimate of drug-likeness (QED) is 0.660. The van der Waals surface area contributed by atoms with Gasteiger partial charge in [-0.2, -0.15) is 15.3 Å². The molecule has 0 spiro atoms. The van der Waals surface area contributed by atoms with Gasteiger partial charge in [0.15, 0.2) is 11.3 Å². The molecular weight excluding hydrogens is 413 g/mol. The minimum atomic E-state index is -0.398. The standard InChI is InChI=1S/C19H21ClFN7S/c1-11-9-12(2)27(23-11)13(3)18-25-28(19(22)29-18)17-7-8-26(24-17)10-14-15(20)5-4-6-16(14)21/h4-9,13,19H,10,22H2,1-3H3/t13-,19?/m0/s1. The van der Waals surface area contributed by atoms with Crippen molar-refractivity contribution in [1.82, 2.24) is 19.6 Å². The molecule has 7 nitrogen and oxygen atoms in total. The van der Waals surface area contributed by atoms with Crippen LogP contribution in [0.4, 0.5) is 10.2 Å². The van der Waals surface area contributed by atoms with Crippen molar-refractivity contribution in [1.29, 1.82) is 0 Å². The third kappa shape index (κ3) is 3.90. The predicted molar refractivity (Wildman–Crippen MR) is 115 cm³/mol. The molecule has 1 unspecified atom stereocenters. The zero-order valence-electron chi connectivity index (χ0n) is 16.3. The van der Waals surface area contributed by atoms with Crippen molar-refractivity contribution in [3.8, 4) is 0 Å². The van der Waals surface area contributed by atoms with Crippen LogP contribution in [-0.2, 0) is 6.54 Å².